The Bertz CT molecular complexity index is 774. The van der Waals surface area contributed by atoms with E-state index in [2.05, 4.69) is 10.3 Å². The summed E-state index contributed by atoms with van der Waals surface area (Å²) in [5.41, 5.74) is 2.16. The molecular weight excluding hydrogens is 266 g/mol. The minimum atomic E-state index is -0.199. The molecule has 1 heterocycles. The van der Waals surface area contributed by atoms with Crippen molar-refractivity contribution in [3.05, 3.63) is 71.5 Å². The van der Waals surface area contributed by atoms with Gasteiger partial charge < -0.3 is 5.11 Å². The second kappa shape index (κ2) is 5.20. The van der Waals surface area contributed by atoms with Crippen LogP contribution >= 0.6 is 0 Å². The van der Waals surface area contributed by atoms with Crippen LogP contribution in [0.25, 0.3) is 5.69 Å². The molecule has 104 valence electrons. The quantitative estimate of drug-likeness (QED) is 0.748. The fraction of sp³-hybridized carbons (Fsp3) is 0.0625. The Balaban J connectivity index is 2.00. The molecule has 0 aliphatic heterocycles. The lowest BCUT2D eigenvalue weighted by Gasteiger charge is -2.06. The number of carbonyl (C=O) groups is 1. The fourth-order valence-electron chi connectivity index (χ4n) is 2.16. The number of rotatable bonds is 3. The largest absolute Gasteiger partial charge is 0.506 e. The molecule has 3 aromatic rings. The van der Waals surface area contributed by atoms with Crippen molar-refractivity contribution in [1.29, 1.82) is 0 Å². The summed E-state index contributed by atoms with van der Waals surface area (Å²) < 4.78 is 1.42. The standard InChI is InChI=1S/C16H13N3O2/c1-11-6-5-9-14(20)15(11)19-10-13(17-18-19)16(21)12-7-3-2-4-8-12/h2-10,20H,1H3. The van der Waals surface area contributed by atoms with Gasteiger partial charge in [0.2, 0.25) is 5.78 Å². The number of aromatic nitrogens is 3. The minimum absolute atomic E-state index is 0.0959. The van der Waals surface area contributed by atoms with Gasteiger partial charge in [0.25, 0.3) is 0 Å². The molecule has 21 heavy (non-hydrogen) atoms. The average molecular weight is 279 g/mol. The third-order valence-electron chi connectivity index (χ3n) is 3.21. The fourth-order valence-corrected chi connectivity index (χ4v) is 2.16. The van der Waals surface area contributed by atoms with E-state index in [1.54, 1.807) is 36.4 Å². The molecule has 5 nitrogen and oxygen atoms in total. The summed E-state index contributed by atoms with van der Waals surface area (Å²) in [7, 11) is 0. The number of hydrogen-bond donors (Lipinski definition) is 1. The third-order valence-corrected chi connectivity index (χ3v) is 3.21. The summed E-state index contributed by atoms with van der Waals surface area (Å²) in [4.78, 5) is 12.3. The maximum Gasteiger partial charge on any atom is 0.214 e. The predicted octanol–water partition coefficient (Wildman–Crippen LogP) is 2.51. The van der Waals surface area contributed by atoms with Crippen molar-refractivity contribution in [3.63, 3.8) is 0 Å². The Morgan fingerprint density at radius 2 is 1.86 bits per heavy atom. The Hall–Kier alpha value is -2.95. The van der Waals surface area contributed by atoms with Gasteiger partial charge in [-0.15, -0.1) is 5.10 Å². The van der Waals surface area contributed by atoms with Gasteiger partial charge in [0.15, 0.2) is 5.69 Å². The smallest absolute Gasteiger partial charge is 0.214 e. The molecule has 2 aromatic carbocycles. The lowest BCUT2D eigenvalue weighted by Crippen LogP contribution is -2.01. The molecule has 1 N–H and O–H groups in total. The Morgan fingerprint density at radius 3 is 2.57 bits per heavy atom. The number of phenols is 1. The minimum Gasteiger partial charge on any atom is -0.506 e. The monoisotopic (exact) mass is 279 g/mol. The van der Waals surface area contributed by atoms with Crippen LogP contribution in [0.15, 0.2) is 54.7 Å². The van der Waals surface area contributed by atoms with Gasteiger partial charge in [-0.25, -0.2) is 4.68 Å². The van der Waals surface area contributed by atoms with Crippen molar-refractivity contribution in [3.8, 4) is 11.4 Å². The lowest BCUT2D eigenvalue weighted by molar-refractivity contribution is 0.103. The number of ketones is 1. The molecule has 0 saturated heterocycles. The molecule has 0 saturated carbocycles. The number of aryl methyl sites for hydroxylation is 1. The van der Waals surface area contributed by atoms with E-state index >= 15 is 0 Å². The second-order valence-electron chi connectivity index (χ2n) is 4.69. The molecule has 0 spiro atoms. The number of hydrogen-bond acceptors (Lipinski definition) is 4. The lowest BCUT2D eigenvalue weighted by atomic mass is 10.1. The summed E-state index contributed by atoms with van der Waals surface area (Å²) >= 11 is 0. The highest BCUT2D eigenvalue weighted by molar-refractivity contribution is 6.07. The van der Waals surface area contributed by atoms with Crippen LogP contribution in [0, 0.1) is 6.92 Å². The van der Waals surface area contributed by atoms with E-state index in [-0.39, 0.29) is 17.2 Å². The SMILES string of the molecule is Cc1cccc(O)c1-n1cc(C(=O)c2ccccc2)nn1. The molecule has 0 amide bonds. The summed E-state index contributed by atoms with van der Waals surface area (Å²) in [6.45, 7) is 1.86. The second-order valence-corrected chi connectivity index (χ2v) is 4.69. The molecule has 0 fully saturated rings. The van der Waals surface area contributed by atoms with Crippen molar-refractivity contribution in [2.45, 2.75) is 6.92 Å². The van der Waals surface area contributed by atoms with Crippen molar-refractivity contribution in [1.82, 2.24) is 15.0 Å². The van der Waals surface area contributed by atoms with Gasteiger partial charge in [-0.3, -0.25) is 4.79 Å². The molecule has 0 aliphatic rings. The number of aromatic hydroxyl groups is 1. The number of benzene rings is 2. The third kappa shape index (κ3) is 2.41. The molecule has 0 bridgehead atoms. The van der Waals surface area contributed by atoms with Gasteiger partial charge in [0, 0.05) is 5.56 Å². The van der Waals surface area contributed by atoms with E-state index in [1.165, 1.54) is 10.9 Å². The van der Waals surface area contributed by atoms with Crippen LogP contribution in [0.2, 0.25) is 0 Å². The normalized spacial score (nSPS) is 10.5. The van der Waals surface area contributed by atoms with Gasteiger partial charge in [-0.2, -0.15) is 0 Å². The maximum absolute atomic E-state index is 12.3. The van der Waals surface area contributed by atoms with Crippen molar-refractivity contribution < 1.29 is 9.90 Å². The van der Waals surface area contributed by atoms with Gasteiger partial charge in [-0.1, -0.05) is 47.7 Å². The van der Waals surface area contributed by atoms with Gasteiger partial charge in [0.05, 0.1) is 6.20 Å². The van der Waals surface area contributed by atoms with Gasteiger partial charge in [-0.05, 0) is 18.6 Å². The van der Waals surface area contributed by atoms with E-state index in [1.807, 2.05) is 19.1 Å². The van der Waals surface area contributed by atoms with Gasteiger partial charge in [0.1, 0.15) is 11.4 Å². The molecular formula is C16H13N3O2. The number of nitrogens with zero attached hydrogens (tertiary/aromatic N) is 3. The molecule has 0 atom stereocenters. The van der Waals surface area contributed by atoms with Crippen LogP contribution < -0.4 is 0 Å². The Kier molecular flexibility index (Phi) is 3.23. The Morgan fingerprint density at radius 1 is 1.10 bits per heavy atom. The average Bonchev–Trinajstić information content (AvgIpc) is 2.97. The zero-order chi connectivity index (χ0) is 14.8. The molecule has 5 heteroatoms. The first-order chi connectivity index (χ1) is 10.2. The summed E-state index contributed by atoms with van der Waals surface area (Å²) in [5.74, 6) is -0.103. The van der Waals surface area contributed by atoms with Crippen LogP contribution in [-0.2, 0) is 0 Å². The highest BCUT2D eigenvalue weighted by atomic mass is 16.3. The zero-order valence-corrected chi connectivity index (χ0v) is 11.4. The molecule has 0 aliphatic carbocycles. The summed E-state index contributed by atoms with van der Waals surface area (Å²) in [6, 6.07) is 14.1. The first kappa shape index (κ1) is 13.1. The summed E-state index contributed by atoms with van der Waals surface area (Å²) in [6.07, 6.45) is 1.53. The van der Waals surface area contributed by atoms with Crippen LogP contribution in [0.3, 0.4) is 0 Å². The van der Waals surface area contributed by atoms with Crippen molar-refractivity contribution in [2.75, 3.05) is 0 Å². The van der Waals surface area contributed by atoms with Crippen molar-refractivity contribution in [2.24, 2.45) is 0 Å². The van der Waals surface area contributed by atoms with E-state index in [0.29, 0.717) is 11.3 Å². The van der Waals surface area contributed by atoms with Crippen LogP contribution in [0.5, 0.6) is 5.75 Å². The maximum atomic E-state index is 12.3. The predicted molar refractivity (Wildman–Crippen MR) is 77.6 cm³/mol. The van der Waals surface area contributed by atoms with E-state index in [0.717, 1.165) is 5.56 Å². The van der Waals surface area contributed by atoms with Crippen LogP contribution in [0.4, 0.5) is 0 Å². The summed E-state index contributed by atoms with van der Waals surface area (Å²) in [5, 5.41) is 17.8. The molecule has 0 radical (unpaired) electrons. The van der Waals surface area contributed by atoms with E-state index in [9.17, 15) is 9.90 Å². The van der Waals surface area contributed by atoms with E-state index < -0.39 is 0 Å². The topological polar surface area (TPSA) is 68.0 Å². The van der Waals surface area contributed by atoms with E-state index in [4.69, 9.17) is 0 Å². The highest BCUT2D eigenvalue weighted by Gasteiger charge is 2.15. The molecule has 0 unspecified atom stereocenters. The molecule has 1 aromatic heterocycles. The Labute approximate surface area is 121 Å². The number of carbonyl (C=O) groups excluding carboxylic acids is 1. The van der Waals surface area contributed by atoms with Gasteiger partial charge >= 0.3 is 0 Å². The van der Waals surface area contributed by atoms with Crippen LogP contribution in [0.1, 0.15) is 21.6 Å². The highest BCUT2D eigenvalue weighted by Crippen LogP contribution is 2.24. The van der Waals surface area contributed by atoms with Crippen LogP contribution in [-0.4, -0.2) is 25.9 Å². The number of para-hydroxylation sites is 1. The first-order valence-electron chi connectivity index (χ1n) is 6.48. The zero-order valence-electron chi connectivity index (χ0n) is 11.4. The molecule has 3 rings (SSSR count). The first-order valence-corrected chi connectivity index (χ1v) is 6.48. The van der Waals surface area contributed by atoms with Crippen molar-refractivity contribution >= 4 is 5.78 Å². The number of phenolic OH excluding ortho intramolecular Hbond substituents is 1.